The summed E-state index contributed by atoms with van der Waals surface area (Å²) in [6.45, 7) is 3.87. The second-order valence-corrected chi connectivity index (χ2v) is 7.10. The number of benzene rings is 3. The van der Waals surface area contributed by atoms with Crippen molar-refractivity contribution in [3.63, 3.8) is 0 Å². The number of amides is 2. The average Bonchev–Trinajstić information content (AvgIpc) is 2.77. The largest absolute Gasteiger partial charge is 0.481 e. The van der Waals surface area contributed by atoms with E-state index >= 15 is 0 Å². The van der Waals surface area contributed by atoms with Gasteiger partial charge in [0, 0.05) is 24.0 Å². The van der Waals surface area contributed by atoms with Gasteiger partial charge in [-0.05, 0) is 61.4 Å². The molecule has 0 aromatic heterocycles. The van der Waals surface area contributed by atoms with Crippen molar-refractivity contribution < 1.29 is 14.3 Å². The summed E-state index contributed by atoms with van der Waals surface area (Å²) in [5.74, 6) is 0.255. The quantitative estimate of drug-likeness (QED) is 0.600. The number of carbonyl (C=O) groups is 2. The number of para-hydroxylation sites is 1. The van der Waals surface area contributed by atoms with E-state index in [1.807, 2.05) is 68.4 Å². The maximum atomic E-state index is 12.8. The van der Waals surface area contributed by atoms with Crippen LogP contribution >= 0.6 is 0 Å². The van der Waals surface area contributed by atoms with Crippen molar-refractivity contribution in [2.45, 2.75) is 26.4 Å². The van der Waals surface area contributed by atoms with Gasteiger partial charge in [0.1, 0.15) is 5.75 Å². The van der Waals surface area contributed by atoms with E-state index in [0.29, 0.717) is 23.4 Å². The zero-order chi connectivity index (χ0) is 21.5. The van der Waals surface area contributed by atoms with Crippen LogP contribution in [-0.4, -0.2) is 25.0 Å². The highest BCUT2D eigenvalue weighted by molar-refractivity contribution is 6.06. The Morgan fingerprint density at radius 2 is 1.70 bits per heavy atom. The predicted molar refractivity (Wildman–Crippen MR) is 120 cm³/mol. The molecule has 0 spiro atoms. The summed E-state index contributed by atoms with van der Waals surface area (Å²) in [7, 11) is 1.73. The highest BCUT2D eigenvalue weighted by Crippen LogP contribution is 2.19. The molecule has 3 aromatic rings. The van der Waals surface area contributed by atoms with E-state index in [0.717, 1.165) is 11.3 Å². The standard InChI is InChI=1S/C25H26N2O3/c1-4-23(30-22-15-8-10-18(2)16-22)24(28)26-20-12-9-11-19(17-20)25(29)27(3)21-13-6-5-7-14-21/h5-17,23H,4H2,1-3H3,(H,26,28). The Bertz CT molecular complexity index is 1020. The third-order valence-corrected chi connectivity index (χ3v) is 4.76. The smallest absolute Gasteiger partial charge is 0.265 e. The molecule has 2 amide bonds. The van der Waals surface area contributed by atoms with Crippen LogP contribution in [0.4, 0.5) is 11.4 Å². The molecule has 0 fully saturated rings. The zero-order valence-corrected chi connectivity index (χ0v) is 17.5. The Kier molecular flexibility index (Phi) is 6.86. The zero-order valence-electron chi connectivity index (χ0n) is 17.5. The van der Waals surface area contributed by atoms with Gasteiger partial charge in [0.05, 0.1) is 0 Å². The molecule has 0 saturated carbocycles. The van der Waals surface area contributed by atoms with Crippen LogP contribution in [0.5, 0.6) is 5.75 Å². The highest BCUT2D eigenvalue weighted by Gasteiger charge is 2.20. The first kappa shape index (κ1) is 21.1. The molecule has 30 heavy (non-hydrogen) atoms. The number of nitrogens with one attached hydrogen (secondary N) is 1. The van der Waals surface area contributed by atoms with E-state index in [9.17, 15) is 9.59 Å². The molecule has 0 aliphatic rings. The first-order valence-corrected chi connectivity index (χ1v) is 9.95. The number of aryl methyl sites for hydroxylation is 1. The predicted octanol–water partition coefficient (Wildman–Crippen LogP) is 5.07. The molecule has 3 aromatic carbocycles. The lowest BCUT2D eigenvalue weighted by Crippen LogP contribution is -2.32. The van der Waals surface area contributed by atoms with Gasteiger partial charge in [-0.1, -0.05) is 43.3 Å². The van der Waals surface area contributed by atoms with E-state index in [1.165, 1.54) is 0 Å². The third kappa shape index (κ3) is 5.26. The summed E-state index contributed by atoms with van der Waals surface area (Å²) in [5.41, 5.74) is 2.91. The van der Waals surface area contributed by atoms with Crippen LogP contribution in [0.2, 0.25) is 0 Å². The maximum Gasteiger partial charge on any atom is 0.265 e. The van der Waals surface area contributed by atoms with E-state index in [4.69, 9.17) is 4.74 Å². The Hall–Kier alpha value is -3.60. The van der Waals surface area contributed by atoms with Gasteiger partial charge in [0.2, 0.25) is 0 Å². The number of carbonyl (C=O) groups excluding carboxylic acids is 2. The maximum absolute atomic E-state index is 12.8. The Balaban J connectivity index is 1.70. The molecule has 0 saturated heterocycles. The van der Waals surface area contributed by atoms with Gasteiger partial charge in [-0.15, -0.1) is 0 Å². The van der Waals surface area contributed by atoms with Crippen molar-refractivity contribution in [3.8, 4) is 5.75 Å². The van der Waals surface area contributed by atoms with Crippen molar-refractivity contribution in [2.24, 2.45) is 0 Å². The van der Waals surface area contributed by atoms with Crippen LogP contribution in [0.3, 0.4) is 0 Å². The summed E-state index contributed by atoms with van der Waals surface area (Å²) in [4.78, 5) is 27.2. The first-order chi connectivity index (χ1) is 14.5. The molecule has 1 unspecified atom stereocenters. The second-order valence-electron chi connectivity index (χ2n) is 7.10. The number of hydrogen-bond donors (Lipinski definition) is 1. The van der Waals surface area contributed by atoms with Crippen molar-refractivity contribution in [1.82, 2.24) is 0 Å². The molecule has 0 heterocycles. The fourth-order valence-corrected chi connectivity index (χ4v) is 3.09. The minimum absolute atomic E-state index is 0.152. The van der Waals surface area contributed by atoms with Gasteiger partial charge in [-0.2, -0.15) is 0 Å². The number of ether oxygens (including phenoxy) is 1. The Labute approximate surface area is 177 Å². The molecule has 0 radical (unpaired) electrons. The molecular formula is C25H26N2O3. The summed E-state index contributed by atoms with van der Waals surface area (Å²) >= 11 is 0. The monoisotopic (exact) mass is 402 g/mol. The molecule has 154 valence electrons. The van der Waals surface area contributed by atoms with Crippen LogP contribution in [-0.2, 0) is 4.79 Å². The Morgan fingerprint density at radius 3 is 2.40 bits per heavy atom. The van der Waals surface area contributed by atoms with Crippen molar-refractivity contribution >= 4 is 23.2 Å². The van der Waals surface area contributed by atoms with Crippen LogP contribution in [0.15, 0.2) is 78.9 Å². The summed E-state index contributed by atoms with van der Waals surface area (Å²) in [6.07, 6.45) is -0.104. The molecule has 3 rings (SSSR count). The lowest BCUT2D eigenvalue weighted by molar-refractivity contribution is -0.122. The lowest BCUT2D eigenvalue weighted by Gasteiger charge is -2.19. The third-order valence-electron chi connectivity index (χ3n) is 4.76. The molecule has 1 N–H and O–H groups in total. The topological polar surface area (TPSA) is 58.6 Å². The first-order valence-electron chi connectivity index (χ1n) is 9.95. The summed E-state index contributed by atoms with van der Waals surface area (Å²) < 4.78 is 5.87. The molecule has 0 aliphatic heterocycles. The molecule has 5 heteroatoms. The van der Waals surface area contributed by atoms with Crippen LogP contribution in [0, 0.1) is 6.92 Å². The van der Waals surface area contributed by atoms with Gasteiger partial charge < -0.3 is 15.0 Å². The van der Waals surface area contributed by atoms with Gasteiger partial charge in [0.25, 0.3) is 11.8 Å². The number of hydrogen-bond acceptors (Lipinski definition) is 3. The van der Waals surface area contributed by atoms with Crippen LogP contribution in [0.25, 0.3) is 0 Å². The van der Waals surface area contributed by atoms with Gasteiger partial charge in [-0.25, -0.2) is 0 Å². The van der Waals surface area contributed by atoms with Gasteiger partial charge >= 0.3 is 0 Å². The van der Waals surface area contributed by atoms with E-state index in [2.05, 4.69) is 5.32 Å². The molecule has 1 atom stereocenters. The van der Waals surface area contributed by atoms with E-state index < -0.39 is 6.10 Å². The normalized spacial score (nSPS) is 11.4. The van der Waals surface area contributed by atoms with Crippen LogP contribution < -0.4 is 15.0 Å². The van der Waals surface area contributed by atoms with E-state index in [1.54, 1.807) is 36.2 Å². The van der Waals surface area contributed by atoms with Crippen molar-refractivity contribution in [1.29, 1.82) is 0 Å². The second kappa shape index (κ2) is 9.74. The summed E-state index contributed by atoms with van der Waals surface area (Å²) in [6, 6.07) is 23.9. The van der Waals surface area contributed by atoms with Crippen molar-refractivity contribution in [2.75, 3.05) is 17.3 Å². The summed E-state index contributed by atoms with van der Waals surface area (Å²) in [5, 5.41) is 2.87. The average molecular weight is 402 g/mol. The molecule has 5 nitrogen and oxygen atoms in total. The highest BCUT2D eigenvalue weighted by atomic mass is 16.5. The number of nitrogens with zero attached hydrogens (tertiary/aromatic N) is 1. The van der Waals surface area contributed by atoms with Crippen LogP contribution in [0.1, 0.15) is 29.3 Å². The van der Waals surface area contributed by atoms with Gasteiger partial charge in [0.15, 0.2) is 6.10 Å². The molecule has 0 aliphatic carbocycles. The minimum atomic E-state index is -0.627. The van der Waals surface area contributed by atoms with Gasteiger partial charge in [-0.3, -0.25) is 9.59 Å². The molecular weight excluding hydrogens is 376 g/mol. The minimum Gasteiger partial charge on any atom is -0.481 e. The number of anilines is 2. The fraction of sp³-hybridized carbons (Fsp3) is 0.200. The van der Waals surface area contributed by atoms with E-state index in [-0.39, 0.29) is 11.8 Å². The van der Waals surface area contributed by atoms with Crippen molar-refractivity contribution in [3.05, 3.63) is 90.0 Å². The Morgan fingerprint density at radius 1 is 0.967 bits per heavy atom. The lowest BCUT2D eigenvalue weighted by atomic mass is 10.1. The fourth-order valence-electron chi connectivity index (χ4n) is 3.09. The number of rotatable bonds is 7. The SMILES string of the molecule is CCC(Oc1cccc(C)c1)C(=O)Nc1cccc(C(=O)N(C)c2ccccc2)c1. The molecule has 0 bridgehead atoms.